The SMILES string of the molecule is CC(C)N1CCC(NS(=O)(=O)c2ccc(F)cc2Cl)C1=O. The van der Waals surface area contributed by atoms with Gasteiger partial charge in [0, 0.05) is 12.6 Å². The Balaban J connectivity index is 2.21. The summed E-state index contributed by atoms with van der Waals surface area (Å²) in [5.74, 6) is -0.881. The number of hydrogen-bond acceptors (Lipinski definition) is 3. The highest BCUT2D eigenvalue weighted by molar-refractivity contribution is 7.89. The van der Waals surface area contributed by atoms with E-state index in [-0.39, 0.29) is 21.9 Å². The number of benzene rings is 1. The van der Waals surface area contributed by atoms with Crippen molar-refractivity contribution in [2.24, 2.45) is 0 Å². The quantitative estimate of drug-likeness (QED) is 0.912. The van der Waals surface area contributed by atoms with Crippen LogP contribution in [0.2, 0.25) is 5.02 Å². The lowest BCUT2D eigenvalue weighted by molar-refractivity contribution is -0.130. The Hall–Kier alpha value is -1.18. The lowest BCUT2D eigenvalue weighted by Gasteiger charge is -2.21. The van der Waals surface area contributed by atoms with Gasteiger partial charge >= 0.3 is 0 Å². The van der Waals surface area contributed by atoms with Gasteiger partial charge in [0.1, 0.15) is 16.8 Å². The van der Waals surface area contributed by atoms with Crippen LogP contribution in [0.5, 0.6) is 0 Å². The van der Waals surface area contributed by atoms with Crippen molar-refractivity contribution in [3.05, 3.63) is 29.0 Å². The molecule has 1 saturated heterocycles. The molecule has 21 heavy (non-hydrogen) atoms. The van der Waals surface area contributed by atoms with Crippen molar-refractivity contribution in [3.63, 3.8) is 0 Å². The molecule has 5 nitrogen and oxygen atoms in total. The molecule has 1 atom stereocenters. The summed E-state index contributed by atoms with van der Waals surface area (Å²) >= 11 is 5.76. The van der Waals surface area contributed by atoms with Crippen LogP contribution in [0.15, 0.2) is 23.1 Å². The van der Waals surface area contributed by atoms with E-state index in [1.807, 2.05) is 13.8 Å². The summed E-state index contributed by atoms with van der Waals surface area (Å²) < 4.78 is 39.8. The topological polar surface area (TPSA) is 66.5 Å². The second-order valence-electron chi connectivity index (χ2n) is 5.16. The molecule has 0 aliphatic carbocycles. The lowest BCUT2D eigenvalue weighted by atomic mass is 10.3. The average Bonchev–Trinajstić information content (AvgIpc) is 2.69. The van der Waals surface area contributed by atoms with Crippen molar-refractivity contribution < 1.29 is 17.6 Å². The molecule has 1 aliphatic heterocycles. The van der Waals surface area contributed by atoms with E-state index >= 15 is 0 Å². The van der Waals surface area contributed by atoms with Gasteiger partial charge < -0.3 is 4.90 Å². The molecule has 1 aromatic carbocycles. The molecule has 0 saturated carbocycles. The third-order valence-electron chi connectivity index (χ3n) is 3.34. The number of carbonyl (C=O) groups excluding carboxylic acids is 1. The first-order valence-electron chi connectivity index (χ1n) is 6.50. The first-order chi connectivity index (χ1) is 9.72. The van der Waals surface area contributed by atoms with Crippen molar-refractivity contribution in [2.45, 2.75) is 37.2 Å². The maximum Gasteiger partial charge on any atom is 0.242 e. The highest BCUT2D eigenvalue weighted by Crippen LogP contribution is 2.24. The number of halogens is 2. The standard InChI is InChI=1S/C13H16ClFN2O3S/c1-8(2)17-6-5-11(13(17)18)16-21(19,20)12-4-3-9(15)7-10(12)14/h3-4,7-8,11,16H,5-6H2,1-2H3. The Morgan fingerprint density at radius 3 is 2.62 bits per heavy atom. The van der Waals surface area contributed by atoms with Crippen LogP contribution in [-0.4, -0.2) is 37.9 Å². The highest BCUT2D eigenvalue weighted by atomic mass is 35.5. The molecule has 1 heterocycles. The predicted molar refractivity (Wildman–Crippen MR) is 77.0 cm³/mol. The Bertz CT molecular complexity index is 663. The van der Waals surface area contributed by atoms with Crippen molar-refractivity contribution in [3.8, 4) is 0 Å². The summed E-state index contributed by atoms with van der Waals surface area (Å²) in [5.41, 5.74) is 0. The Labute approximate surface area is 128 Å². The third kappa shape index (κ3) is 3.36. The minimum Gasteiger partial charge on any atom is -0.339 e. The van der Waals surface area contributed by atoms with Gasteiger partial charge in [-0.25, -0.2) is 12.8 Å². The number of nitrogens with zero attached hydrogens (tertiary/aromatic N) is 1. The number of nitrogens with one attached hydrogen (secondary N) is 1. The van der Waals surface area contributed by atoms with Crippen LogP contribution in [-0.2, 0) is 14.8 Å². The second kappa shape index (κ2) is 5.90. The fourth-order valence-electron chi connectivity index (χ4n) is 2.27. The minimum absolute atomic E-state index is 0.0152. The van der Waals surface area contributed by atoms with Crippen LogP contribution < -0.4 is 4.72 Å². The Kier molecular flexibility index (Phi) is 4.55. The summed E-state index contributed by atoms with van der Waals surface area (Å²) in [7, 11) is -3.97. The zero-order valence-corrected chi connectivity index (χ0v) is 13.2. The maximum atomic E-state index is 13.0. The fourth-order valence-corrected chi connectivity index (χ4v) is 4.02. The van der Waals surface area contributed by atoms with Gasteiger partial charge in [0.2, 0.25) is 15.9 Å². The van der Waals surface area contributed by atoms with E-state index < -0.39 is 21.9 Å². The maximum absolute atomic E-state index is 13.0. The van der Waals surface area contributed by atoms with Crippen LogP contribution in [0.25, 0.3) is 0 Å². The Morgan fingerprint density at radius 1 is 1.43 bits per heavy atom. The number of amides is 1. The van der Waals surface area contributed by atoms with Gasteiger partial charge in [-0.2, -0.15) is 4.72 Å². The number of rotatable bonds is 4. The Morgan fingerprint density at radius 2 is 2.10 bits per heavy atom. The third-order valence-corrected chi connectivity index (χ3v) is 5.30. The van der Waals surface area contributed by atoms with Crippen molar-refractivity contribution in [2.75, 3.05) is 6.54 Å². The van der Waals surface area contributed by atoms with Crippen molar-refractivity contribution >= 4 is 27.5 Å². The molecule has 1 unspecified atom stereocenters. The second-order valence-corrected chi connectivity index (χ2v) is 7.25. The molecular formula is C13H16ClFN2O3S. The summed E-state index contributed by atoms with van der Waals surface area (Å²) in [6.45, 7) is 4.23. The molecular weight excluding hydrogens is 319 g/mol. The first kappa shape index (κ1) is 16.2. The summed E-state index contributed by atoms with van der Waals surface area (Å²) in [6, 6.07) is 2.23. The van der Waals surface area contributed by atoms with Crippen LogP contribution in [0.4, 0.5) is 4.39 Å². The monoisotopic (exact) mass is 334 g/mol. The van der Waals surface area contributed by atoms with E-state index in [9.17, 15) is 17.6 Å². The highest BCUT2D eigenvalue weighted by Gasteiger charge is 2.36. The number of sulfonamides is 1. The van der Waals surface area contributed by atoms with Gasteiger partial charge in [0.05, 0.1) is 5.02 Å². The normalized spacial score (nSPS) is 19.6. The van der Waals surface area contributed by atoms with Gasteiger partial charge in [-0.05, 0) is 38.5 Å². The molecule has 1 amide bonds. The summed E-state index contributed by atoms with van der Waals surface area (Å²) in [5, 5.41) is -0.214. The van der Waals surface area contributed by atoms with E-state index in [2.05, 4.69) is 4.72 Å². The van der Waals surface area contributed by atoms with Crippen LogP contribution in [0.1, 0.15) is 20.3 Å². The van der Waals surface area contributed by atoms with E-state index in [0.29, 0.717) is 13.0 Å². The molecule has 1 aromatic rings. The van der Waals surface area contributed by atoms with Gasteiger partial charge in [-0.3, -0.25) is 4.79 Å². The molecule has 1 fully saturated rings. The van der Waals surface area contributed by atoms with E-state index in [1.165, 1.54) is 0 Å². The summed E-state index contributed by atoms with van der Waals surface area (Å²) in [6.07, 6.45) is 0.398. The molecule has 1 N–H and O–H groups in total. The fraction of sp³-hybridized carbons (Fsp3) is 0.462. The minimum atomic E-state index is -3.97. The molecule has 1 aliphatic rings. The summed E-state index contributed by atoms with van der Waals surface area (Å²) in [4.78, 5) is 13.5. The van der Waals surface area contributed by atoms with Crippen LogP contribution >= 0.6 is 11.6 Å². The van der Waals surface area contributed by atoms with Crippen LogP contribution in [0, 0.1) is 5.82 Å². The molecule has 0 spiro atoms. The smallest absolute Gasteiger partial charge is 0.242 e. The van der Waals surface area contributed by atoms with Crippen molar-refractivity contribution in [1.29, 1.82) is 0 Å². The predicted octanol–water partition coefficient (Wildman–Crippen LogP) is 1.77. The first-order valence-corrected chi connectivity index (χ1v) is 8.36. The molecule has 116 valence electrons. The van der Waals surface area contributed by atoms with Gasteiger partial charge in [-0.15, -0.1) is 0 Å². The van der Waals surface area contributed by atoms with Gasteiger partial charge in [0.25, 0.3) is 0 Å². The molecule has 2 rings (SSSR count). The van der Waals surface area contributed by atoms with Gasteiger partial charge in [0.15, 0.2) is 0 Å². The van der Waals surface area contributed by atoms with E-state index in [1.54, 1.807) is 4.90 Å². The molecule has 0 bridgehead atoms. The number of carbonyl (C=O) groups is 1. The van der Waals surface area contributed by atoms with E-state index in [4.69, 9.17) is 11.6 Å². The number of hydrogen-bond donors (Lipinski definition) is 1. The van der Waals surface area contributed by atoms with Crippen LogP contribution in [0.3, 0.4) is 0 Å². The average molecular weight is 335 g/mol. The van der Waals surface area contributed by atoms with Crippen molar-refractivity contribution in [1.82, 2.24) is 9.62 Å². The van der Waals surface area contributed by atoms with Gasteiger partial charge in [-0.1, -0.05) is 11.6 Å². The zero-order chi connectivity index (χ0) is 15.8. The van der Waals surface area contributed by atoms with E-state index in [0.717, 1.165) is 18.2 Å². The largest absolute Gasteiger partial charge is 0.339 e. The molecule has 8 heteroatoms. The lowest BCUT2D eigenvalue weighted by Crippen LogP contribution is -2.43. The number of likely N-dealkylation sites (tertiary alicyclic amines) is 1. The molecule has 0 radical (unpaired) electrons. The zero-order valence-electron chi connectivity index (χ0n) is 11.6. The molecule has 0 aromatic heterocycles.